The van der Waals surface area contributed by atoms with E-state index >= 15 is 0 Å². The van der Waals surface area contributed by atoms with E-state index in [1.54, 1.807) is 12.1 Å². The Kier molecular flexibility index (Phi) is 6.30. The Morgan fingerprint density at radius 2 is 2.00 bits per heavy atom. The lowest BCUT2D eigenvalue weighted by atomic mass is 10.1. The summed E-state index contributed by atoms with van der Waals surface area (Å²) < 4.78 is 18.5. The number of hydrogen-bond acceptors (Lipinski definition) is 6. The highest BCUT2D eigenvalue weighted by Crippen LogP contribution is 2.28. The molecule has 148 valence electrons. The molecule has 9 heteroatoms. The molecule has 0 unspecified atom stereocenters. The third-order valence-electron chi connectivity index (χ3n) is 4.01. The second-order valence-electron chi connectivity index (χ2n) is 5.96. The van der Waals surface area contributed by atoms with Crippen molar-refractivity contribution in [1.29, 1.82) is 0 Å². The van der Waals surface area contributed by atoms with Crippen LogP contribution in [0.5, 0.6) is 5.75 Å². The number of nitro groups is 1. The maximum Gasteiger partial charge on any atom is 0.311 e. The largest absolute Gasteiger partial charge is 0.477 e. The van der Waals surface area contributed by atoms with Crippen molar-refractivity contribution in [2.24, 2.45) is 0 Å². The lowest BCUT2D eigenvalue weighted by Gasteiger charge is -2.18. The molecule has 0 saturated heterocycles. The van der Waals surface area contributed by atoms with E-state index in [0.29, 0.717) is 11.8 Å². The molecule has 29 heavy (non-hydrogen) atoms. The van der Waals surface area contributed by atoms with Crippen LogP contribution < -0.4 is 10.1 Å². The normalized spacial score (nSPS) is 11.5. The van der Waals surface area contributed by atoms with E-state index in [9.17, 15) is 24.1 Å². The first-order valence-electron chi connectivity index (χ1n) is 8.42. The number of nitro benzene ring substituents is 1. The van der Waals surface area contributed by atoms with E-state index in [1.807, 2.05) is 17.5 Å². The molecule has 0 saturated carbocycles. The van der Waals surface area contributed by atoms with Crippen LogP contribution in [0.2, 0.25) is 0 Å². The van der Waals surface area contributed by atoms with Crippen molar-refractivity contribution < 1.29 is 23.6 Å². The first-order valence-corrected chi connectivity index (χ1v) is 9.30. The first kappa shape index (κ1) is 20.2. The highest BCUT2D eigenvalue weighted by molar-refractivity contribution is 7.10. The average molecular weight is 414 g/mol. The van der Waals surface area contributed by atoms with E-state index in [1.165, 1.54) is 35.6 Å². The van der Waals surface area contributed by atoms with Gasteiger partial charge in [0.15, 0.2) is 12.4 Å². The standard InChI is InChI=1S/C20H15FN2O5S/c21-15-6-4-14(5-7-15)20(18-2-1-9-29-18)22-19(25)12-28-17-8-3-13(11-24)10-16(17)23(26)27/h1-11,20H,12H2,(H,22,25)/t20-/m1/s1. The number of ether oxygens (including phenoxy) is 1. The van der Waals surface area contributed by atoms with Gasteiger partial charge in [-0.2, -0.15) is 0 Å². The number of halogens is 1. The second kappa shape index (κ2) is 9.07. The van der Waals surface area contributed by atoms with Gasteiger partial charge in [0.2, 0.25) is 0 Å². The predicted molar refractivity (Wildman–Crippen MR) is 105 cm³/mol. The number of carbonyl (C=O) groups excluding carboxylic acids is 2. The predicted octanol–water partition coefficient (Wildman–Crippen LogP) is 3.89. The molecular weight excluding hydrogens is 399 g/mol. The molecule has 0 spiro atoms. The van der Waals surface area contributed by atoms with Crippen LogP contribution in [0.3, 0.4) is 0 Å². The van der Waals surface area contributed by atoms with Crippen LogP contribution in [-0.4, -0.2) is 23.7 Å². The van der Waals surface area contributed by atoms with Crippen LogP contribution in [0.1, 0.15) is 26.8 Å². The lowest BCUT2D eigenvalue weighted by Crippen LogP contribution is -2.33. The molecule has 3 rings (SSSR count). The highest BCUT2D eigenvalue weighted by Gasteiger charge is 2.20. The summed E-state index contributed by atoms with van der Waals surface area (Å²) in [5, 5.41) is 15.8. The Bertz CT molecular complexity index is 1020. The van der Waals surface area contributed by atoms with Crippen LogP contribution in [-0.2, 0) is 4.79 Å². The number of benzene rings is 2. The summed E-state index contributed by atoms with van der Waals surface area (Å²) in [4.78, 5) is 34.5. The van der Waals surface area contributed by atoms with Gasteiger partial charge in [0, 0.05) is 16.5 Å². The SMILES string of the molecule is O=Cc1ccc(OCC(=O)N[C@H](c2ccc(F)cc2)c2cccs2)c([N+](=O)[O-])c1. The molecule has 1 aromatic heterocycles. The van der Waals surface area contributed by atoms with Crippen molar-refractivity contribution in [1.82, 2.24) is 5.32 Å². The summed E-state index contributed by atoms with van der Waals surface area (Å²) >= 11 is 1.43. The van der Waals surface area contributed by atoms with Gasteiger partial charge in [-0.15, -0.1) is 11.3 Å². The number of rotatable bonds is 8. The van der Waals surface area contributed by atoms with Crippen molar-refractivity contribution in [3.8, 4) is 5.75 Å². The molecule has 1 heterocycles. The number of nitrogens with one attached hydrogen (secondary N) is 1. The van der Waals surface area contributed by atoms with E-state index < -0.39 is 29.2 Å². The van der Waals surface area contributed by atoms with Gasteiger partial charge in [-0.3, -0.25) is 19.7 Å². The molecule has 1 amide bonds. The Morgan fingerprint density at radius 1 is 1.24 bits per heavy atom. The summed E-state index contributed by atoms with van der Waals surface area (Å²) in [7, 11) is 0. The molecule has 0 aliphatic carbocycles. The summed E-state index contributed by atoms with van der Waals surface area (Å²) in [5.41, 5.74) is 0.404. The third kappa shape index (κ3) is 5.02. The third-order valence-corrected chi connectivity index (χ3v) is 4.95. The number of nitrogens with zero attached hydrogens (tertiary/aromatic N) is 1. The summed E-state index contributed by atoms with van der Waals surface area (Å²) in [6.45, 7) is -0.468. The number of carbonyl (C=O) groups is 2. The van der Waals surface area contributed by atoms with E-state index in [2.05, 4.69) is 5.32 Å². The molecule has 3 aromatic rings. The Labute approximate surface area is 168 Å². The minimum absolute atomic E-state index is 0.120. The van der Waals surface area contributed by atoms with E-state index in [0.717, 1.165) is 10.9 Å². The molecule has 0 radical (unpaired) electrons. The van der Waals surface area contributed by atoms with Crippen molar-refractivity contribution in [3.05, 3.63) is 91.9 Å². The Balaban J connectivity index is 1.74. The zero-order valence-electron chi connectivity index (χ0n) is 14.9. The second-order valence-corrected chi connectivity index (χ2v) is 6.94. The van der Waals surface area contributed by atoms with Gasteiger partial charge in [-0.05, 0) is 41.3 Å². The fourth-order valence-corrected chi connectivity index (χ4v) is 3.45. The zero-order chi connectivity index (χ0) is 20.8. The topological polar surface area (TPSA) is 98.5 Å². The molecule has 0 fully saturated rings. The van der Waals surface area contributed by atoms with Gasteiger partial charge >= 0.3 is 5.69 Å². The average Bonchev–Trinajstić information content (AvgIpc) is 3.25. The molecule has 2 aromatic carbocycles. The number of thiophene rings is 1. The van der Waals surface area contributed by atoms with Crippen LogP contribution in [0.4, 0.5) is 10.1 Å². The fraction of sp³-hybridized carbons (Fsp3) is 0.100. The van der Waals surface area contributed by atoms with Gasteiger partial charge < -0.3 is 10.1 Å². The minimum Gasteiger partial charge on any atom is -0.477 e. The lowest BCUT2D eigenvalue weighted by molar-refractivity contribution is -0.385. The first-order chi connectivity index (χ1) is 14.0. The van der Waals surface area contributed by atoms with Crippen LogP contribution in [0, 0.1) is 15.9 Å². The van der Waals surface area contributed by atoms with Gasteiger partial charge in [-0.25, -0.2) is 4.39 Å². The summed E-state index contributed by atoms with van der Waals surface area (Å²) in [6.07, 6.45) is 0.484. The zero-order valence-corrected chi connectivity index (χ0v) is 15.7. The van der Waals surface area contributed by atoms with Crippen molar-refractivity contribution in [2.45, 2.75) is 6.04 Å². The maximum absolute atomic E-state index is 13.2. The van der Waals surface area contributed by atoms with Gasteiger partial charge in [0.05, 0.1) is 11.0 Å². The maximum atomic E-state index is 13.2. The number of amides is 1. The fourth-order valence-electron chi connectivity index (χ4n) is 2.65. The Hall–Kier alpha value is -3.59. The quantitative estimate of drug-likeness (QED) is 0.343. The van der Waals surface area contributed by atoms with E-state index in [-0.39, 0.29) is 17.1 Å². The van der Waals surface area contributed by atoms with Crippen LogP contribution in [0.25, 0.3) is 0 Å². The molecule has 7 nitrogen and oxygen atoms in total. The van der Waals surface area contributed by atoms with Gasteiger partial charge in [-0.1, -0.05) is 18.2 Å². The molecule has 1 atom stereocenters. The summed E-state index contributed by atoms with van der Waals surface area (Å²) in [5.74, 6) is -1.02. The van der Waals surface area contributed by atoms with Crippen molar-refractivity contribution in [2.75, 3.05) is 6.61 Å². The Morgan fingerprint density at radius 3 is 2.62 bits per heavy atom. The van der Waals surface area contributed by atoms with Gasteiger partial charge in [0.25, 0.3) is 5.91 Å². The van der Waals surface area contributed by atoms with Crippen molar-refractivity contribution >= 4 is 29.2 Å². The minimum atomic E-state index is -0.687. The smallest absolute Gasteiger partial charge is 0.311 e. The van der Waals surface area contributed by atoms with Crippen LogP contribution >= 0.6 is 11.3 Å². The molecule has 0 aliphatic heterocycles. The molecular formula is C20H15FN2O5S. The van der Waals surface area contributed by atoms with Gasteiger partial charge in [0.1, 0.15) is 12.1 Å². The van der Waals surface area contributed by atoms with Crippen molar-refractivity contribution in [3.63, 3.8) is 0 Å². The monoisotopic (exact) mass is 414 g/mol. The number of aldehydes is 1. The molecule has 0 aliphatic rings. The molecule has 0 bridgehead atoms. The van der Waals surface area contributed by atoms with Crippen LogP contribution in [0.15, 0.2) is 60.0 Å². The highest BCUT2D eigenvalue weighted by atomic mass is 32.1. The molecule has 1 N–H and O–H groups in total. The summed E-state index contributed by atoms with van der Waals surface area (Å²) in [6, 6.07) is 12.6. The van der Waals surface area contributed by atoms with E-state index in [4.69, 9.17) is 4.74 Å². The number of hydrogen-bond donors (Lipinski definition) is 1.